The van der Waals surface area contributed by atoms with E-state index in [9.17, 15) is 18.0 Å². The Kier molecular flexibility index (Phi) is 7.90. The van der Waals surface area contributed by atoms with Crippen molar-refractivity contribution in [3.05, 3.63) is 51.7 Å². The largest absolute Gasteiger partial charge is 0.366 e. The lowest BCUT2D eigenvalue weighted by Crippen LogP contribution is -2.49. The van der Waals surface area contributed by atoms with Gasteiger partial charge in [-0.15, -0.1) is 0 Å². The minimum Gasteiger partial charge on any atom is -0.366 e. The third kappa shape index (κ3) is 5.45. The predicted octanol–water partition coefficient (Wildman–Crippen LogP) is 4.03. The highest BCUT2D eigenvalue weighted by Crippen LogP contribution is 2.31. The van der Waals surface area contributed by atoms with Gasteiger partial charge in [0.25, 0.3) is 12.3 Å². The molecule has 2 N–H and O–H groups in total. The Morgan fingerprint density at radius 3 is 2.82 bits per heavy atom. The zero-order valence-electron chi connectivity index (χ0n) is 18.8. The maximum Gasteiger partial charge on any atom is 0.266 e. The molecule has 0 aliphatic carbocycles. The van der Waals surface area contributed by atoms with Gasteiger partial charge in [0.05, 0.1) is 30.5 Å². The lowest BCUT2D eigenvalue weighted by molar-refractivity contribution is -0.146. The van der Waals surface area contributed by atoms with Gasteiger partial charge in [-0.1, -0.05) is 18.2 Å². The van der Waals surface area contributed by atoms with E-state index in [4.69, 9.17) is 16.3 Å². The number of benzene rings is 1. The molecule has 0 bridgehead atoms. The van der Waals surface area contributed by atoms with Crippen molar-refractivity contribution >= 4 is 23.3 Å². The van der Waals surface area contributed by atoms with E-state index in [0.717, 1.165) is 18.9 Å². The maximum atomic E-state index is 14.7. The second-order valence-corrected chi connectivity index (χ2v) is 8.80. The molecule has 0 spiro atoms. The molecule has 1 aromatic carbocycles. The van der Waals surface area contributed by atoms with Crippen LogP contribution in [0.3, 0.4) is 0 Å². The molecular formula is C23H27ClF3N5O2. The Labute approximate surface area is 201 Å². The quantitative estimate of drug-likeness (QED) is 0.607. The summed E-state index contributed by atoms with van der Waals surface area (Å²) < 4.78 is 46.7. The van der Waals surface area contributed by atoms with Crippen LogP contribution in [0.25, 0.3) is 0 Å². The van der Waals surface area contributed by atoms with Crippen LogP contribution in [-0.2, 0) is 22.5 Å². The number of hydrogen-bond acceptors (Lipinski definition) is 6. The molecule has 1 unspecified atom stereocenters. The van der Waals surface area contributed by atoms with Crippen LogP contribution >= 0.6 is 11.6 Å². The summed E-state index contributed by atoms with van der Waals surface area (Å²) >= 11 is 6.18. The van der Waals surface area contributed by atoms with Crippen molar-refractivity contribution in [2.24, 2.45) is 0 Å². The molecule has 0 saturated carbocycles. The molecular weight excluding hydrogens is 471 g/mol. The van der Waals surface area contributed by atoms with Crippen LogP contribution in [0.2, 0.25) is 5.28 Å². The van der Waals surface area contributed by atoms with E-state index >= 15 is 0 Å². The minimum absolute atomic E-state index is 0.0218. The van der Waals surface area contributed by atoms with Crippen molar-refractivity contribution in [2.75, 3.05) is 31.6 Å². The van der Waals surface area contributed by atoms with Gasteiger partial charge in [-0.3, -0.25) is 4.79 Å². The summed E-state index contributed by atoms with van der Waals surface area (Å²) in [6.07, 6.45) is -1.23. The molecule has 34 heavy (non-hydrogen) atoms. The molecule has 2 aromatic rings. The number of alkyl halides is 2. The SMILES string of the molecule is C[C@@H](Nc1nc(Cl)nc2c1CN(C(=O)C1CNCCO1)CCCC2)c1cccc(C(F)F)c1F. The first-order chi connectivity index (χ1) is 16.3. The summed E-state index contributed by atoms with van der Waals surface area (Å²) in [6, 6.07) is 3.23. The summed E-state index contributed by atoms with van der Waals surface area (Å²) in [4.78, 5) is 23.6. The number of anilines is 1. The second-order valence-electron chi connectivity index (χ2n) is 8.46. The van der Waals surface area contributed by atoms with E-state index < -0.39 is 30.0 Å². The van der Waals surface area contributed by atoms with E-state index in [1.54, 1.807) is 11.8 Å². The van der Waals surface area contributed by atoms with Gasteiger partial charge in [-0.05, 0) is 37.8 Å². The number of halogens is 4. The van der Waals surface area contributed by atoms with Crippen LogP contribution in [0.4, 0.5) is 19.0 Å². The molecule has 7 nitrogen and oxygen atoms in total. The van der Waals surface area contributed by atoms with E-state index in [-0.39, 0.29) is 23.3 Å². The molecule has 2 atom stereocenters. The summed E-state index contributed by atoms with van der Waals surface area (Å²) in [5, 5.41) is 6.31. The molecule has 11 heteroatoms. The first kappa shape index (κ1) is 24.7. The van der Waals surface area contributed by atoms with E-state index in [1.807, 2.05) is 0 Å². The molecule has 184 valence electrons. The topological polar surface area (TPSA) is 79.4 Å². The second kappa shape index (κ2) is 10.9. The Morgan fingerprint density at radius 2 is 2.09 bits per heavy atom. The van der Waals surface area contributed by atoms with Gasteiger partial charge in [0, 0.05) is 30.8 Å². The molecule has 1 aromatic heterocycles. The number of morpholine rings is 1. The lowest BCUT2D eigenvalue weighted by Gasteiger charge is -2.32. The fourth-order valence-corrected chi connectivity index (χ4v) is 4.51. The molecule has 2 aliphatic rings. The smallest absolute Gasteiger partial charge is 0.266 e. The number of carbonyl (C=O) groups excluding carboxylic acids is 1. The van der Waals surface area contributed by atoms with Crippen molar-refractivity contribution in [1.29, 1.82) is 0 Å². The van der Waals surface area contributed by atoms with Crippen molar-refractivity contribution in [3.8, 4) is 0 Å². The highest BCUT2D eigenvalue weighted by atomic mass is 35.5. The Morgan fingerprint density at radius 1 is 1.29 bits per heavy atom. The van der Waals surface area contributed by atoms with Crippen molar-refractivity contribution in [1.82, 2.24) is 20.2 Å². The number of rotatable bonds is 5. The first-order valence-electron chi connectivity index (χ1n) is 11.3. The summed E-state index contributed by atoms with van der Waals surface area (Å²) in [5.74, 6) is -0.726. The normalized spacial score (nSPS) is 19.8. The lowest BCUT2D eigenvalue weighted by atomic mass is 10.0. The zero-order chi connectivity index (χ0) is 24.2. The van der Waals surface area contributed by atoms with Crippen LogP contribution in [-0.4, -0.2) is 53.1 Å². The monoisotopic (exact) mass is 497 g/mol. The predicted molar refractivity (Wildman–Crippen MR) is 121 cm³/mol. The van der Waals surface area contributed by atoms with Crippen molar-refractivity contribution in [2.45, 2.75) is 51.3 Å². The fraction of sp³-hybridized carbons (Fsp3) is 0.522. The van der Waals surface area contributed by atoms with Gasteiger partial charge in [-0.25, -0.2) is 23.1 Å². The number of hydrogen-bond donors (Lipinski definition) is 2. The summed E-state index contributed by atoms with van der Waals surface area (Å²) in [6.45, 7) is 4.06. The molecule has 4 rings (SSSR count). The fourth-order valence-electron chi connectivity index (χ4n) is 4.33. The number of carbonyl (C=O) groups is 1. The number of nitrogens with one attached hydrogen (secondary N) is 2. The van der Waals surface area contributed by atoms with Crippen LogP contribution in [0.5, 0.6) is 0 Å². The van der Waals surface area contributed by atoms with Gasteiger partial charge in [-0.2, -0.15) is 0 Å². The number of aromatic nitrogens is 2. The minimum atomic E-state index is -2.92. The average molecular weight is 498 g/mol. The first-order valence-corrected chi connectivity index (χ1v) is 11.7. The van der Waals surface area contributed by atoms with Crippen LogP contribution in [0, 0.1) is 5.82 Å². The Hall–Kier alpha value is -2.43. The molecule has 3 heterocycles. The third-order valence-electron chi connectivity index (χ3n) is 6.13. The zero-order valence-corrected chi connectivity index (χ0v) is 19.5. The van der Waals surface area contributed by atoms with Gasteiger partial charge < -0.3 is 20.3 Å². The number of aryl methyl sites for hydroxylation is 1. The van der Waals surface area contributed by atoms with E-state index in [0.29, 0.717) is 49.7 Å². The highest BCUT2D eigenvalue weighted by molar-refractivity contribution is 6.28. The van der Waals surface area contributed by atoms with Crippen LogP contribution in [0.1, 0.15) is 54.6 Å². The van der Waals surface area contributed by atoms with Gasteiger partial charge in [0.2, 0.25) is 5.28 Å². The molecule has 2 aliphatic heterocycles. The van der Waals surface area contributed by atoms with Gasteiger partial charge in [0.15, 0.2) is 0 Å². The summed E-state index contributed by atoms with van der Waals surface area (Å²) in [7, 11) is 0. The van der Waals surface area contributed by atoms with E-state index in [1.165, 1.54) is 12.1 Å². The van der Waals surface area contributed by atoms with E-state index in [2.05, 4.69) is 20.6 Å². The van der Waals surface area contributed by atoms with Crippen LogP contribution in [0.15, 0.2) is 18.2 Å². The third-order valence-corrected chi connectivity index (χ3v) is 6.30. The van der Waals surface area contributed by atoms with Crippen molar-refractivity contribution in [3.63, 3.8) is 0 Å². The Bertz CT molecular complexity index is 1040. The number of fused-ring (bicyclic) bond motifs is 1. The van der Waals surface area contributed by atoms with Crippen LogP contribution < -0.4 is 10.6 Å². The number of amides is 1. The summed E-state index contributed by atoms with van der Waals surface area (Å²) in [5.41, 5.74) is 0.817. The van der Waals surface area contributed by atoms with Crippen molar-refractivity contribution < 1.29 is 22.7 Å². The van der Waals surface area contributed by atoms with Gasteiger partial charge in [0.1, 0.15) is 17.7 Å². The Balaban J connectivity index is 1.63. The standard InChI is InChI=1S/C23H27ClF3N5O2/c1-13(14-5-4-6-15(19(14)25)20(26)27)29-21-16-12-32(22(33)18-11-28-8-10-34-18)9-3-2-7-17(16)30-23(24)31-21/h4-6,13,18,20,28H,2-3,7-12H2,1H3,(H,29,30,31)/t13-,18?/m1/s1. The molecule has 1 saturated heterocycles. The maximum absolute atomic E-state index is 14.7. The molecule has 1 fully saturated rings. The molecule has 0 radical (unpaired) electrons. The molecule has 1 amide bonds. The number of ether oxygens (including phenoxy) is 1. The van der Waals surface area contributed by atoms with Gasteiger partial charge >= 0.3 is 0 Å². The average Bonchev–Trinajstić information content (AvgIpc) is 2.80. The number of nitrogens with zero attached hydrogens (tertiary/aromatic N) is 3. The highest BCUT2D eigenvalue weighted by Gasteiger charge is 2.30.